The van der Waals surface area contributed by atoms with Gasteiger partial charge in [0.25, 0.3) is 0 Å². The van der Waals surface area contributed by atoms with Gasteiger partial charge in [0.1, 0.15) is 11.6 Å². The molecule has 9 heteroatoms. The predicted octanol–water partition coefficient (Wildman–Crippen LogP) is 4.07. The SMILES string of the molecule is CCCCN1C(=O)[C@@H](CC2(O)CCCC2)NC(=O)C12CCN(Cc1c(C)nn(-c3ccccc3)c1C)CC2.Cl. The van der Waals surface area contributed by atoms with Crippen LogP contribution in [0, 0.1) is 13.8 Å². The summed E-state index contributed by atoms with van der Waals surface area (Å²) in [7, 11) is 0. The highest BCUT2D eigenvalue weighted by atomic mass is 35.5. The Morgan fingerprint density at radius 2 is 1.72 bits per heavy atom. The highest BCUT2D eigenvalue weighted by Gasteiger charge is 2.54. The van der Waals surface area contributed by atoms with E-state index in [0.717, 1.165) is 62.4 Å². The average molecular weight is 558 g/mol. The van der Waals surface area contributed by atoms with Gasteiger partial charge >= 0.3 is 0 Å². The summed E-state index contributed by atoms with van der Waals surface area (Å²) in [5, 5.41) is 18.8. The van der Waals surface area contributed by atoms with Crippen LogP contribution in [-0.4, -0.2) is 73.3 Å². The molecule has 214 valence electrons. The number of halogens is 1. The van der Waals surface area contributed by atoms with E-state index >= 15 is 0 Å². The van der Waals surface area contributed by atoms with Crippen LogP contribution in [0.3, 0.4) is 0 Å². The summed E-state index contributed by atoms with van der Waals surface area (Å²) in [4.78, 5) is 31.7. The number of amides is 2. The lowest BCUT2D eigenvalue weighted by Gasteiger charge is -2.52. The van der Waals surface area contributed by atoms with Crippen molar-refractivity contribution in [1.29, 1.82) is 0 Å². The molecule has 1 aliphatic carbocycles. The molecule has 1 atom stereocenters. The molecular formula is C30H44ClN5O3. The number of carbonyl (C=O) groups excluding carboxylic acids is 2. The van der Waals surface area contributed by atoms with E-state index in [4.69, 9.17) is 5.10 Å². The normalized spacial score (nSPS) is 22.7. The Bertz CT molecular complexity index is 1150. The van der Waals surface area contributed by atoms with Crippen molar-refractivity contribution in [2.24, 2.45) is 0 Å². The highest BCUT2D eigenvalue weighted by molar-refractivity contribution is 6.00. The minimum absolute atomic E-state index is 0. The Kier molecular flexibility index (Phi) is 9.08. The van der Waals surface area contributed by atoms with Crippen LogP contribution in [0.5, 0.6) is 0 Å². The fraction of sp³-hybridized carbons (Fsp3) is 0.633. The monoisotopic (exact) mass is 557 g/mol. The predicted molar refractivity (Wildman–Crippen MR) is 154 cm³/mol. The zero-order valence-electron chi connectivity index (χ0n) is 23.6. The quantitative estimate of drug-likeness (QED) is 0.511. The topological polar surface area (TPSA) is 90.7 Å². The zero-order valence-corrected chi connectivity index (χ0v) is 24.4. The number of aryl methyl sites for hydroxylation is 1. The van der Waals surface area contributed by atoms with Gasteiger partial charge in [0, 0.05) is 43.9 Å². The first-order valence-corrected chi connectivity index (χ1v) is 14.4. The second kappa shape index (κ2) is 12.0. The fourth-order valence-corrected chi connectivity index (χ4v) is 6.80. The third kappa shape index (κ3) is 5.74. The van der Waals surface area contributed by atoms with Gasteiger partial charge in [-0.2, -0.15) is 5.10 Å². The van der Waals surface area contributed by atoms with E-state index in [9.17, 15) is 14.7 Å². The number of carbonyl (C=O) groups is 2. The molecule has 1 saturated carbocycles. The van der Waals surface area contributed by atoms with E-state index in [-0.39, 0.29) is 24.2 Å². The van der Waals surface area contributed by atoms with Gasteiger partial charge in [-0.3, -0.25) is 14.5 Å². The van der Waals surface area contributed by atoms with E-state index in [1.807, 2.05) is 27.8 Å². The molecule has 39 heavy (non-hydrogen) atoms. The summed E-state index contributed by atoms with van der Waals surface area (Å²) < 4.78 is 2.01. The van der Waals surface area contributed by atoms with Crippen molar-refractivity contribution < 1.29 is 14.7 Å². The molecule has 2 amide bonds. The summed E-state index contributed by atoms with van der Waals surface area (Å²) in [6.07, 6.45) is 6.79. The molecule has 3 aliphatic rings. The lowest BCUT2D eigenvalue weighted by molar-refractivity contribution is -0.163. The van der Waals surface area contributed by atoms with Gasteiger partial charge in [0.15, 0.2) is 0 Å². The molecule has 8 nitrogen and oxygen atoms in total. The van der Waals surface area contributed by atoms with Crippen LogP contribution in [0.4, 0.5) is 0 Å². The second-order valence-corrected chi connectivity index (χ2v) is 11.7. The Balaban J connectivity index is 0.00000353. The molecule has 2 saturated heterocycles. The first kappa shape index (κ1) is 29.6. The minimum atomic E-state index is -0.836. The van der Waals surface area contributed by atoms with E-state index < -0.39 is 17.2 Å². The Labute approximate surface area is 238 Å². The molecule has 2 N–H and O–H groups in total. The molecule has 2 aromatic rings. The Morgan fingerprint density at radius 1 is 1.05 bits per heavy atom. The van der Waals surface area contributed by atoms with Crippen LogP contribution in [0.15, 0.2) is 30.3 Å². The van der Waals surface area contributed by atoms with Crippen LogP contribution in [-0.2, 0) is 16.1 Å². The maximum atomic E-state index is 13.8. The van der Waals surface area contributed by atoms with E-state index in [1.165, 1.54) is 5.56 Å². The highest BCUT2D eigenvalue weighted by Crippen LogP contribution is 2.38. The second-order valence-electron chi connectivity index (χ2n) is 11.7. The van der Waals surface area contributed by atoms with Crippen LogP contribution >= 0.6 is 12.4 Å². The van der Waals surface area contributed by atoms with Gasteiger partial charge in [-0.1, -0.05) is 44.4 Å². The number of piperidine rings is 1. The van der Waals surface area contributed by atoms with Crippen molar-refractivity contribution in [2.75, 3.05) is 19.6 Å². The molecule has 3 heterocycles. The smallest absolute Gasteiger partial charge is 0.246 e. The zero-order chi connectivity index (χ0) is 26.9. The van der Waals surface area contributed by atoms with Crippen molar-refractivity contribution >= 4 is 24.2 Å². The van der Waals surface area contributed by atoms with Gasteiger partial charge in [-0.05, 0) is 58.1 Å². The Morgan fingerprint density at radius 3 is 2.36 bits per heavy atom. The van der Waals surface area contributed by atoms with Gasteiger partial charge in [0.2, 0.25) is 11.8 Å². The molecule has 0 radical (unpaired) electrons. The van der Waals surface area contributed by atoms with Gasteiger partial charge in [-0.25, -0.2) is 4.68 Å². The van der Waals surface area contributed by atoms with Crippen molar-refractivity contribution in [2.45, 2.75) is 102 Å². The molecular weight excluding hydrogens is 514 g/mol. The van der Waals surface area contributed by atoms with Crippen molar-refractivity contribution in [3.63, 3.8) is 0 Å². The third-order valence-electron chi connectivity index (χ3n) is 9.17. The molecule has 0 bridgehead atoms. The minimum Gasteiger partial charge on any atom is -0.390 e. The maximum absolute atomic E-state index is 13.8. The number of hydrogen-bond donors (Lipinski definition) is 2. The number of nitrogens with zero attached hydrogens (tertiary/aromatic N) is 4. The number of aromatic nitrogens is 2. The molecule has 5 rings (SSSR count). The van der Waals surface area contributed by atoms with Gasteiger partial charge in [-0.15, -0.1) is 12.4 Å². The van der Waals surface area contributed by atoms with Crippen LogP contribution < -0.4 is 5.32 Å². The lowest BCUT2D eigenvalue weighted by Crippen LogP contribution is -2.73. The van der Waals surface area contributed by atoms with Crippen LogP contribution in [0.25, 0.3) is 5.69 Å². The number of benzene rings is 1. The van der Waals surface area contributed by atoms with Crippen molar-refractivity contribution in [3.8, 4) is 5.69 Å². The molecule has 0 unspecified atom stereocenters. The number of nitrogens with one attached hydrogen (secondary N) is 1. The molecule has 1 spiro atoms. The number of likely N-dealkylation sites (tertiary alicyclic amines) is 1. The summed E-state index contributed by atoms with van der Waals surface area (Å²) in [6, 6.07) is 9.56. The van der Waals surface area contributed by atoms with Crippen molar-refractivity contribution in [1.82, 2.24) is 24.9 Å². The number of para-hydroxylation sites is 1. The number of hydrogen-bond acceptors (Lipinski definition) is 5. The average Bonchev–Trinajstić information content (AvgIpc) is 3.47. The fourth-order valence-electron chi connectivity index (χ4n) is 6.80. The van der Waals surface area contributed by atoms with Gasteiger partial charge in [0.05, 0.1) is 17.0 Å². The Hall–Kier alpha value is -2.42. The number of unbranched alkanes of at least 4 members (excludes halogenated alkanes) is 1. The summed E-state index contributed by atoms with van der Waals surface area (Å²) in [5.41, 5.74) is 2.80. The molecule has 3 fully saturated rings. The van der Waals surface area contributed by atoms with Crippen LogP contribution in [0.1, 0.15) is 81.7 Å². The van der Waals surface area contributed by atoms with E-state index in [1.54, 1.807) is 0 Å². The maximum Gasteiger partial charge on any atom is 0.246 e. The first-order chi connectivity index (χ1) is 18.3. The molecule has 2 aliphatic heterocycles. The summed E-state index contributed by atoms with van der Waals surface area (Å²) >= 11 is 0. The number of piperazine rings is 1. The largest absolute Gasteiger partial charge is 0.390 e. The third-order valence-corrected chi connectivity index (χ3v) is 9.17. The lowest BCUT2D eigenvalue weighted by atomic mass is 9.80. The standard InChI is InChI=1S/C30H43N5O3.ClH/c1-4-5-17-34-27(36)26(20-29(38)13-9-10-14-29)31-28(37)30(34)15-18-33(19-16-30)21-25-22(2)32-35(23(25)3)24-11-7-6-8-12-24;/h6-8,11-12,26,38H,4-5,9-10,13-21H2,1-3H3,(H,31,37);1H/t26-;/m1./s1. The molecule has 1 aromatic heterocycles. The van der Waals surface area contributed by atoms with E-state index in [0.29, 0.717) is 38.6 Å². The van der Waals surface area contributed by atoms with E-state index in [2.05, 4.69) is 43.1 Å². The van der Waals surface area contributed by atoms with Gasteiger partial charge < -0.3 is 15.3 Å². The number of rotatable bonds is 8. The summed E-state index contributed by atoms with van der Waals surface area (Å²) in [6.45, 7) is 9.15. The van der Waals surface area contributed by atoms with Crippen molar-refractivity contribution in [3.05, 3.63) is 47.3 Å². The number of aliphatic hydroxyl groups is 1. The summed E-state index contributed by atoms with van der Waals surface area (Å²) in [5.74, 6) is -0.0497. The molecule has 1 aromatic carbocycles. The van der Waals surface area contributed by atoms with Crippen LogP contribution in [0.2, 0.25) is 0 Å². The first-order valence-electron chi connectivity index (χ1n) is 14.4.